The molecule has 0 bridgehead atoms. The number of ether oxygens (including phenoxy) is 2. The van der Waals surface area contributed by atoms with E-state index in [0.717, 1.165) is 18.4 Å². The zero-order valence-corrected chi connectivity index (χ0v) is 15.8. The van der Waals surface area contributed by atoms with Crippen molar-refractivity contribution in [2.24, 2.45) is 4.99 Å². The van der Waals surface area contributed by atoms with E-state index in [2.05, 4.69) is 17.2 Å². The van der Waals surface area contributed by atoms with Gasteiger partial charge in [0, 0.05) is 19.2 Å². The minimum Gasteiger partial charge on any atom is -0.463 e. The molecule has 0 fully saturated rings. The Morgan fingerprint density at radius 2 is 1.72 bits per heavy atom. The Bertz CT molecular complexity index is 512. The minimum atomic E-state index is -0.209. The van der Waals surface area contributed by atoms with Crippen molar-refractivity contribution >= 4 is 11.9 Å². The summed E-state index contributed by atoms with van der Waals surface area (Å²) in [6, 6.07) is 7.69. The first kappa shape index (κ1) is 21.2. The van der Waals surface area contributed by atoms with Crippen molar-refractivity contribution in [2.75, 3.05) is 26.9 Å². The molecule has 0 spiro atoms. The maximum Gasteiger partial charge on any atom is 0.291 e. The van der Waals surface area contributed by atoms with Crippen LogP contribution in [0.3, 0.4) is 0 Å². The van der Waals surface area contributed by atoms with Crippen LogP contribution < -0.4 is 5.32 Å². The summed E-state index contributed by atoms with van der Waals surface area (Å²) in [6.45, 7) is 5.67. The number of nitrogens with zero attached hydrogens (tertiary/aromatic N) is 1. The fourth-order valence-corrected chi connectivity index (χ4v) is 2.29. The van der Waals surface area contributed by atoms with Crippen molar-refractivity contribution in [2.45, 2.75) is 52.4 Å². The standard InChI is InChI=1S/C20H32N2O3/c1-4-5-6-7-8-9-14-21-20(25-16-15-24-3)22-19(23)18-12-10-17(2)11-13-18/h10-13H,4-9,14-16H2,1-3H3,(H,21,22,23). The second-order valence-electron chi connectivity index (χ2n) is 6.12. The molecule has 5 heteroatoms. The van der Waals surface area contributed by atoms with E-state index in [0.29, 0.717) is 25.3 Å². The summed E-state index contributed by atoms with van der Waals surface area (Å²) in [4.78, 5) is 16.7. The van der Waals surface area contributed by atoms with E-state index in [-0.39, 0.29) is 11.9 Å². The predicted molar refractivity (Wildman–Crippen MR) is 102 cm³/mol. The maximum atomic E-state index is 12.3. The van der Waals surface area contributed by atoms with Gasteiger partial charge in [0.25, 0.3) is 11.9 Å². The van der Waals surface area contributed by atoms with Crippen molar-refractivity contribution in [1.29, 1.82) is 0 Å². The van der Waals surface area contributed by atoms with Gasteiger partial charge in [-0.15, -0.1) is 0 Å². The second-order valence-corrected chi connectivity index (χ2v) is 6.12. The highest BCUT2D eigenvalue weighted by Gasteiger charge is 2.09. The molecule has 0 heterocycles. The molecule has 1 aromatic carbocycles. The zero-order chi connectivity index (χ0) is 18.3. The number of unbranched alkanes of at least 4 members (excludes halogenated alkanes) is 5. The molecular weight excluding hydrogens is 316 g/mol. The first-order valence-electron chi connectivity index (χ1n) is 9.21. The van der Waals surface area contributed by atoms with Crippen LogP contribution in [0.15, 0.2) is 29.3 Å². The van der Waals surface area contributed by atoms with E-state index in [1.807, 2.05) is 19.1 Å². The van der Waals surface area contributed by atoms with E-state index in [9.17, 15) is 4.79 Å². The van der Waals surface area contributed by atoms with E-state index in [1.54, 1.807) is 19.2 Å². The molecule has 1 aromatic rings. The van der Waals surface area contributed by atoms with Gasteiger partial charge >= 0.3 is 0 Å². The number of carbonyl (C=O) groups excluding carboxylic acids is 1. The summed E-state index contributed by atoms with van der Waals surface area (Å²) < 4.78 is 10.5. The number of aryl methyl sites for hydroxylation is 1. The van der Waals surface area contributed by atoms with Gasteiger partial charge in [-0.1, -0.05) is 56.7 Å². The SMILES string of the molecule is CCCCCCCCN=C(NC(=O)c1ccc(C)cc1)OCCOC. The number of hydrogen-bond donors (Lipinski definition) is 1. The molecule has 0 radical (unpaired) electrons. The summed E-state index contributed by atoms with van der Waals surface area (Å²) in [5, 5.41) is 2.76. The fourth-order valence-electron chi connectivity index (χ4n) is 2.29. The Labute approximate surface area is 151 Å². The quantitative estimate of drug-likeness (QED) is 0.372. The fraction of sp³-hybridized carbons (Fsp3) is 0.600. The zero-order valence-electron chi connectivity index (χ0n) is 15.8. The number of benzene rings is 1. The highest BCUT2D eigenvalue weighted by molar-refractivity contribution is 6.04. The average Bonchev–Trinajstić information content (AvgIpc) is 2.61. The number of aliphatic imine (C=N–C) groups is 1. The van der Waals surface area contributed by atoms with Gasteiger partial charge in [0.05, 0.1) is 6.61 Å². The molecule has 25 heavy (non-hydrogen) atoms. The summed E-state index contributed by atoms with van der Waals surface area (Å²) in [5.41, 5.74) is 1.71. The van der Waals surface area contributed by atoms with Gasteiger partial charge in [0.15, 0.2) is 0 Å². The highest BCUT2D eigenvalue weighted by atomic mass is 16.5. The Kier molecular flexibility index (Phi) is 11.4. The van der Waals surface area contributed by atoms with Crippen LogP contribution in [-0.4, -0.2) is 38.8 Å². The molecule has 0 saturated carbocycles. The number of amidine groups is 1. The summed E-state index contributed by atoms with van der Waals surface area (Å²) in [7, 11) is 1.61. The van der Waals surface area contributed by atoms with Crippen LogP contribution in [0.1, 0.15) is 61.4 Å². The third-order valence-corrected chi connectivity index (χ3v) is 3.83. The predicted octanol–water partition coefficient (Wildman–Crippen LogP) is 4.10. The lowest BCUT2D eigenvalue weighted by atomic mass is 10.1. The first-order chi connectivity index (χ1) is 12.2. The smallest absolute Gasteiger partial charge is 0.291 e. The maximum absolute atomic E-state index is 12.3. The van der Waals surface area contributed by atoms with Crippen LogP contribution in [0, 0.1) is 6.92 Å². The van der Waals surface area contributed by atoms with Crippen LogP contribution in [0.2, 0.25) is 0 Å². The Hall–Kier alpha value is -1.88. The molecule has 0 aromatic heterocycles. The molecular formula is C20H32N2O3. The van der Waals surface area contributed by atoms with Crippen molar-refractivity contribution in [3.63, 3.8) is 0 Å². The van der Waals surface area contributed by atoms with Crippen molar-refractivity contribution in [1.82, 2.24) is 5.32 Å². The van der Waals surface area contributed by atoms with Gasteiger partial charge in [0.1, 0.15) is 6.61 Å². The van der Waals surface area contributed by atoms with Crippen molar-refractivity contribution in [3.8, 4) is 0 Å². The molecule has 0 aliphatic rings. The molecule has 0 saturated heterocycles. The van der Waals surface area contributed by atoms with Crippen LogP contribution in [-0.2, 0) is 9.47 Å². The van der Waals surface area contributed by atoms with Gasteiger partial charge in [-0.2, -0.15) is 0 Å². The lowest BCUT2D eigenvalue weighted by molar-refractivity contribution is 0.0954. The third-order valence-electron chi connectivity index (χ3n) is 3.83. The van der Waals surface area contributed by atoms with Crippen LogP contribution >= 0.6 is 0 Å². The molecule has 0 aliphatic heterocycles. The number of hydrogen-bond acceptors (Lipinski definition) is 4. The number of rotatable bonds is 11. The normalized spacial score (nSPS) is 11.4. The highest BCUT2D eigenvalue weighted by Crippen LogP contribution is 2.05. The molecule has 1 rings (SSSR count). The lowest BCUT2D eigenvalue weighted by Gasteiger charge is -2.11. The monoisotopic (exact) mass is 348 g/mol. The summed E-state index contributed by atoms with van der Waals surface area (Å²) >= 11 is 0. The topological polar surface area (TPSA) is 59.9 Å². The van der Waals surface area contributed by atoms with Crippen molar-refractivity contribution in [3.05, 3.63) is 35.4 Å². The molecule has 1 amide bonds. The third kappa shape index (κ3) is 9.87. The van der Waals surface area contributed by atoms with Gasteiger partial charge < -0.3 is 9.47 Å². The van der Waals surface area contributed by atoms with Crippen LogP contribution in [0.25, 0.3) is 0 Å². The van der Waals surface area contributed by atoms with E-state index >= 15 is 0 Å². The molecule has 0 aliphatic carbocycles. The largest absolute Gasteiger partial charge is 0.463 e. The minimum absolute atomic E-state index is 0.209. The molecule has 1 N–H and O–H groups in total. The van der Waals surface area contributed by atoms with Gasteiger partial charge in [0.2, 0.25) is 0 Å². The van der Waals surface area contributed by atoms with E-state index in [1.165, 1.54) is 25.7 Å². The second kappa shape index (κ2) is 13.4. The summed E-state index contributed by atoms with van der Waals surface area (Å²) in [5.74, 6) is -0.209. The first-order valence-corrected chi connectivity index (χ1v) is 9.21. The van der Waals surface area contributed by atoms with E-state index < -0.39 is 0 Å². The number of nitrogens with one attached hydrogen (secondary N) is 1. The molecule has 0 unspecified atom stereocenters. The van der Waals surface area contributed by atoms with Gasteiger partial charge in [-0.05, 0) is 25.5 Å². The molecule has 140 valence electrons. The van der Waals surface area contributed by atoms with Crippen LogP contribution in [0.4, 0.5) is 0 Å². The lowest BCUT2D eigenvalue weighted by Crippen LogP contribution is -2.33. The molecule has 0 atom stereocenters. The Morgan fingerprint density at radius 3 is 2.40 bits per heavy atom. The number of amides is 1. The molecule has 5 nitrogen and oxygen atoms in total. The van der Waals surface area contributed by atoms with Gasteiger partial charge in [-0.3, -0.25) is 10.1 Å². The van der Waals surface area contributed by atoms with Crippen LogP contribution in [0.5, 0.6) is 0 Å². The Morgan fingerprint density at radius 1 is 1.04 bits per heavy atom. The average molecular weight is 348 g/mol. The Balaban J connectivity index is 2.48. The van der Waals surface area contributed by atoms with E-state index in [4.69, 9.17) is 9.47 Å². The number of carbonyl (C=O) groups is 1. The van der Waals surface area contributed by atoms with Gasteiger partial charge in [-0.25, -0.2) is 4.99 Å². The summed E-state index contributed by atoms with van der Waals surface area (Å²) in [6.07, 6.45) is 7.21. The van der Waals surface area contributed by atoms with Crippen molar-refractivity contribution < 1.29 is 14.3 Å². The number of methoxy groups -OCH3 is 1.